The van der Waals surface area contributed by atoms with E-state index in [0.29, 0.717) is 17.3 Å². The van der Waals surface area contributed by atoms with E-state index in [2.05, 4.69) is 24.1 Å². The Hall–Kier alpha value is -1.30. The number of ether oxygens (including phenoxy) is 2. The van der Waals surface area contributed by atoms with Gasteiger partial charge in [0.15, 0.2) is 6.61 Å². The van der Waals surface area contributed by atoms with Crippen molar-refractivity contribution in [1.29, 1.82) is 0 Å². The second-order valence-corrected chi connectivity index (χ2v) is 6.82. The average molecular weight is 341 g/mol. The molecule has 5 nitrogen and oxygen atoms in total. The maximum atomic E-state index is 12.0. The van der Waals surface area contributed by atoms with Gasteiger partial charge in [0.25, 0.3) is 5.91 Å². The molecule has 1 fully saturated rings. The van der Waals surface area contributed by atoms with Gasteiger partial charge in [0.2, 0.25) is 0 Å². The lowest BCUT2D eigenvalue weighted by Gasteiger charge is -2.40. The highest BCUT2D eigenvalue weighted by Crippen LogP contribution is 2.25. The van der Waals surface area contributed by atoms with E-state index in [1.54, 1.807) is 6.07 Å². The van der Waals surface area contributed by atoms with E-state index in [4.69, 9.17) is 21.1 Å². The molecule has 128 valence electrons. The van der Waals surface area contributed by atoms with Crippen LogP contribution < -0.4 is 10.1 Å². The second-order valence-electron chi connectivity index (χ2n) is 6.41. The van der Waals surface area contributed by atoms with E-state index in [1.807, 2.05) is 19.1 Å². The molecule has 1 aromatic rings. The minimum atomic E-state index is -0.149. The highest BCUT2D eigenvalue weighted by atomic mass is 35.5. The van der Waals surface area contributed by atoms with Gasteiger partial charge in [-0.05, 0) is 38.5 Å². The molecule has 0 unspecified atom stereocenters. The molecule has 1 aromatic carbocycles. The molecule has 0 aliphatic carbocycles. The number of nitrogens with one attached hydrogen (secondary N) is 1. The van der Waals surface area contributed by atoms with Crippen molar-refractivity contribution in [3.05, 3.63) is 28.8 Å². The first kappa shape index (κ1) is 18.0. The summed E-state index contributed by atoms with van der Waals surface area (Å²) in [6.07, 6.45) is 0. The van der Waals surface area contributed by atoms with Crippen molar-refractivity contribution in [2.45, 2.75) is 26.3 Å². The highest BCUT2D eigenvalue weighted by molar-refractivity contribution is 6.32. The van der Waals surface area contributed by atoms with Crippen LogP contribution in [-0.2, 0) is 9.53 Å². The average Bonchev–Trinajstić information content (AvgIpc) is 2.54. The predicted octanol–water partition coefficient (Wildman–Crippen LogP) is 2.25. The number of benzene rings is 1. The Bertz CT molecular complexity index is 543. The van der Waals surface area contributed by atoms with Crippen molar-refractivity contribution in [3.63, 3.8) is 0 Å². The fraction of sp³-hybridized carbons (Fsp3) is 0.588. The van der Waals surface area contributed by atoms with Crippen LogP contribution >= 0.6 is 11.6 Å². The van der Waals surface area contributed by atoms with Gasteiger partial charge < -0.3 is 14.8 Å². The quantitative estimate of drug-likeness (QED) is 0.863. The molecule has 0 atom stereocenters. The van der Waals surface area contributed by atoms with Gasteiger partial charge in [-0.1, -0.05) is 17.7 Å². The van der Waals surface area contributed by atoms with Crippen molar-refractivity contribution in [1.82, 2.24) is 10.2 Å². The van der Waals surface area contributed by atoms with Crippen molar-refractivity contribution >= 4 is 17.5 Å². The standard InChI is InChI=1S/C17H25ClN2O3/c1-13-4-5-14(18)15(10-13)23-11-16(21)19-12-17(2,3)20-6-8-22-9-7-20/h4-5,10H,6-9,11-12H2,1-3H3,(H,19,21). The van der Waals surface area contributed by atoms with Crippen molar-refractivity contribution in [2.24, 2.45) is 0 Å². The number of hydrogen-bond donors (Lipinski definition) is 1. The summed E-state index contributed by atoms with van der Waals surface area (Å²) in [7, 11) is 0. The lowest BCUT2D eigenvalue weighted by Crippen LogP contribution is -2.55. The molecule has 1 aliphatic heterocycles. The molecular formula is C17H25ClN2O3. The zero-order chi connectivity index (χ0) is 16.9. The van der Waals surface area contributed by atoms with E-state index in [9.17, 15) is 4.79 Å². The maximum absolute atomic E-state index is 12.0. The predicted molar refractivity (Wildman–Crippen MR) is 91.2 cm³/mol. The number of carbonyl (C=O) groups excluding carboxylic acids is 1. The Labute approximate surface area is 142 Å². The Morgan fingerprint density at radius 3 is 2.78 bits per heavy atom. The van der Waals surface area contributed by atoms with Gasteiger partial charge in [-0.3, -0.25) is 9.69 Å². The fourth-order valence-corrected chi connectivity index (χ4v) is 2.68. The number of amides is 1. The van der Waals surface area contributed by atoms with Gasteiger partial charge >= 0.3 is 0 Å². The maximum Gasteiger partial charge on any atom is 0.258 e. The van der Waals surface area contributed by atoms with E-state index in [0.717, 1.165) is 31.9 Å². The van der Waals surface area contributed by atoms with Gasteiger partial charge in [-0.25, -0.2) is 0 Å². The molecule has 6 heteroatoms. The molecule has 0 aromatic heterocycles. The zero-order valence-electron chi connectivity index (χ0n) is 14.0. The summed E-state index contributed by atoms with van der Waals surface area (Å²) in [5.74, 6) is 0.387. The van der Waals surface area contributed by atoms with Crippen LogP contribution in [0.4, 0.5) is 0 Å². The molecule has 1 aliphatic rings. The Morgan fingerprint density at radius 2 is 2.09 bits per heavy atom. The lowest BCUT2D eigenvalue weighted by molar-refractivity contribution is -0.123. The van der Waals surface area contributed by atoms with Crippen LogP contribution in [-0.4, -0.2) is 55.8 Å². The molecule has 0 bridgehead atoms. The highest BCUT2D eigenvalue weighted by Gasteiger charge is 2.28. The molecule has 23 heavy (non-hydrogen) atoms. The second kappa shape index (κ2) is 7.99. The molecule has 0 saturated carbocycles. The molecule has 0 spiro atoms. The van der Waals surface area contributed by atoms with Crippen LogP contribution in [0.1, 0.15) is 19.4 Å². The molecule has 1 heterocycles. The van der Waals surface area contributed by atoms with Crippen LogP contribution in [0.2, 0.25) is 5.02 Å². The van der Waals surface area contributed by atoms with Crippen LogP contribution in [0.25, 0.3) is 0 Å². The van der Waals surface area contributed by atoms with Crippen molar-refractivity contribution < 1.29 is 14.3 Å². The smallest absolute Gasteiger partial charge is 0.258 e. The summed E-state index contributed by atoms with van der Waals surface area (Å²) in [4.78, 5) is 14.3. The topological polar surface area (TPSA) is 50.8 Å². The SMILES string of the molecule is Cc1ccc(Cl)c(OCC(=O)NCC(C)(C)N2CCOCC2)c1. The first-order valence-corrected chi connectivity index (χ1v) is 8.25. The van der Waals surface area contributed by atoms with E-state index in [1.165, 1.54) is 0 Å². The normalized spacial score (nSPS) is 16.2. The summed E-state index contributed by atoms with van der Waals surface area (Å²) < 4.78 is 10.9. The third-order valence-electron chi connectivity index (χ3n) is 4.03. The number of halogens is 1. The third-order valence-corrected chi connectivity index (χ3v) is 4.34. The van der Waals surface area contributed by atoms with Crippen molar-refractivity contribution in [3.8, 4) is 5.75 Å². The first-order chi connectivity index (χ1) is 10.9. The first-order valence-electron chi connectivity index (χ1n) is 7.87. The van der Waals surface area contributed by atoms with Gasteiger partial charge in [-0.15, -0.1) is 0 Å². The zero-order valence-corrected chi connectivity index (χ0v) is 14.8. The molecule has 1 amide bonds. The van der Waals surface area contributed by atoms with Gasteiger partial charge in [-0.2, -0.15) is 0 Å². The Morgan fingerprint density at radius 1 is 1.39 bits per heavy atom. The lowest BCUT2D eigenvalue weighted by atomic mass is 10.0. The molecule has 0 radical (unpaired) electrons. The summed E-state index contributed by atoms with van der Waals surface area (Å²) in [6, 6.07) is 5.50. The minimum absolute atomic E-state index is 0.0393. The largest absolute Gasteiger partial charge is 0.482 e. The molecule has 1 saturated heterocycles. The van der Waals surface area contributed by atoms with Crippen molar-refractivity contribution in [2.75, 3.05) is 39.5 Å². The van der Waals surface area contributed by atoms with Crippen LogP contribution in [0.15, 0.2) is 18.2 Å². The fourth-order valence-electron chi connectivity index (χ4n) is 2.51. The Kier molecular flexibility index (Phi) is 6.27. The monoisotopic (exact) mass is 340 g/mol. The molecule has 2 rings (SSSR count). The van der Waals surface area contributed by atoms with E-state index < -0.39 is 0 Å². The van der Waals surface area contributed by atoms with Crippen LogP contribution in [0, 0.1) is 6.92 Å². The number of carbonyl (C=O) groups is 1. The third kappa shape index (κ3) is 5.37. The number of morpholine rings is 1. The summed E-state index contributed by atoms with van der Waals surface area (Å²) in [6.45, 7) is 9.98. The minimum Gasteiger partial charge on any atom is -0.482 e. The number of nitrogens with zero attached hydrogens (tertiary/aromatic N) is 1. The van der Waals surface area contributed by atoms with Gasteiger partial charge in [0.1, 0.15) is 5.75 Å². The number of rotatable bonds is 6. The summed E-state index contributed by atoms with van der Waals surface area (Å²) in [5, 5.41) is 3.45. The Balaban J connectivity index is 1.79. The number of aryl methyl sites for hydroxylation is 1. The van der Waals surface area contributed by atoms with Crippen LogP contribution in [0.3, 0.4) is 0 Å². The molecule has 1 N–H and O–H groups in total. The van der Waals surface area contributed by atoms with Gasteiger partial charge in [0.05, 0.1) is 18.2 Å². The number of hydrogen-bond acceptors (Lipinski definition) is 4. The van der Waals surface area contributed by atoms with Crippen LogP contribution in [0.5, 0.6) is 5.75 Å². The summed E-state index contributed by atoms with van der Waals surface area (Å²) in [5.41, 5.74) is 0.929. The summed E-state index contributed by atoms with van der Waals surface area (Å²) >= 11 is 6.06. The van der Waals surface area contributed by atoms with Gasteiger partial charge in [0, 0.05) is 25.2 Å². The van der Waals surface area contributed by atoms with E-state index >= 15 is 0 Å². The van der Waals surface area contributed by atoms with E-state index in [-0.39, 0.29) is 18.1 Å². The molecular weight excluding hydrogens is 316 g/mol.